The molecule has 0 aliphatic heterocycles. The van der Waals surface area contributed by atoms with E-state index >= 15 is 0 Å². The minimum Gasteiger partial charge on any atom is -0.497 e. The zero-order valence-electron chi connectivity index (χ0n) is 15.5. The molecular formula is C19H22FN3O3S. The summed E-state index contributed by atoms with van der Waals surface area (Å²) in [6.45, 7) is 1.44. The van der Waals surface area contributed by atoms with Crippen LogP contribution in [0.5, 0.6) is 5.75 Å². The number of halogens is 1. The van der Waals surface area contributed by atoms with Gasteiger partial charge in [-0.1, -0.05) is 0 Å². The molecule has 0 bridgehead atoms. The lowest BCUT2D eigenvalue weighted by molar-refractivity contribution is 0.381. The van der Waals surface area contributed by atoms with E-state index in [0.29, 0.717) is 17.7 Å². The van der Waals surface area contributed by atoms with E-state index in [1.165, 1.54) is 19.2 Å². The zero-order chi connectivity index (χ0) is 19.6. The fraction of sp³-hybridized carbons (Fsp3) is 0.316. The Balaban J connectivity index is 2.11. The van der Waals surface area contributed by atoms with Crippen LogP contribution in [0.4, 0.5) is 4.39 Å². The molecule has 8 heteroatoms. The molecule has 0 spiro atoms. The molecule has 1 aromatic heterocycles. The highest BCUT2D eigenvalue weighted by molar-refractivity contribution is 7.91. The molecule has 0 aliphatic rings. The van der Waals surface area contributed by atoms with Gasteiger partial charge in [-0.15, -0.1) is 0 Å². The van der Waals surface area contributed by atoms with Crippen LogP contribution in [0.2, 0.25) is 0 Å². The van der Waals surface area contributed by atoms with Gasteiger partial charge in [0.2, 0.25) is 9.84 Å². The van der Waals surface area contributed by atoms with Gasteiger partial charge in [-0.3, -0.25) is 4.68 Å². The van der Waals surface area contributed by atoms with Crippen LogP contribution in [-0.2, 0) is 16.4 Å². The minimum absolute atomic E-state index is 0.00608. The Bertz CT molecular complexity index is 1040. The highest BCUT2D eigenvalue weighted by Crippen LogP contribution is 2.30. The van der Waals surface area contributed by atoms with Gasteiger partial charge in [0.15, 0.2) is 5.03 Å². The highest BCUT2D eigenvalue weighted by atomic mass is 32.2. The van der Waals surface area contributed by atoms with E-state index in [4.69, 9.17) is 4.74 Å². The van der Waals surface area contributed by atoms with Crippen LogP contribution in [0.1, 0.15) is 6.42 Å². The number of benzene rings is 2. The van der Waals surface area contributed by atoms with Crippen molar-refractivity contribution in [1.82, 2.24) is 14.7 Å². The molecule has 0 aliphatic carbocycles. The number of hydrogen-bond donors (Lipinski definition) is 0. The van der Waals surface area contributed by atoms with Crippen molar-refractivity contribution in [2.75, 3.05) is 27.7 Å². The summed E-state index contributed by atoms with van der Waals surface area (Å²) < 4.78 is 46.4. The molecule has 0 unspecified atom stereocenters. The topological polar surface area (TPSA) is 64.4 Å². The van der Waals surface area contributed by atoms with Crippen LogP contribution in [0.15, 0.2) is 52.4 Å². The van der Waals surface area contributed by atoms with Gasteiger partial charge >= 0.3 is 0 Å². The molecule has 6 nitrogen and oxygen atoms in total. The third-order valence-electron chi connectivity index (χ3n) is 4.28. The van der Waals surface area contributed by atoms with E-state index in [1.807, 2.05) is 14.1 Å². The maximum absolute atomic E-state index is 13.2. The first-order chi connectivity index (χ1) is 12.8. The second kappa shape index (κ2) is 7.66. The number of hydrogen-bond acceptors (Lipinski definition) is 5. The SMILES string of the molecule is COc1ccc2c(c1)c(S(=O)(=O)c1ccc(F)cc1)nn2CCCN(C)C. The van der Waals surface area contributed by atoms with Gasteiger partial charge in [0.1, 0.15) is 11.6 Å². The lowest BCUT2D eigenvalue weighted by Gasteiger charge is -2.09. The van der Waals surface area contributed by atoms with Gasteiger partial charge < -0.3 is 9.64 Å². The summed E-state index contributed by atoms with van der Waals surface area (Å²) in [6, 6.07) is 10.0. The lowest BCUT2D eigenvalue weighted by Crippen LogP contribution is -2.15. The predicted octanol–water partition coefficient (Wildman–Crippen LogP) is 2.97. The summed E-state index contributed by atoms with van der Waals surface area (Å²) >= 11 is 0. The number of ether oxygens (including phenoxy) is 1. The van der Waals surface area contributed by atoms with Crippen molar-refractivity contribution < 1.29 is 17.5 Å². The van der Waals surface area contributed by atoms with Gasteiger partial charge in [-0.25, -0.2) is 12.8 Å². The second-order valence-corrected chi connectivity index (χ2v) is 8.39. The van der Waals surface area contributed by atoms with Gasteiger partial charge in [-0.2, -0.15) is 5.10 Å². The normalized spacial score (nSPS) is 12.0. The summed E-state index contributed by atoms with van der Waals surface area (Å²) in [4.78, 5) is 2.07. The number of nitrogens with zero attached hydrogens (tertiary/aromatic N) is 3. The van der Waals surface area contributed by atoms with Crippen LogP contribution in [-0.4, -0.2) is 50.8 Å². The van der Waals surface area contributed by atoms with Crippen molar-refractivity contribution in [3.8, 4) is 5.75 Å². The average Bonchev–Trinajstić information content (AvgIpc) is 3.00. The number of sulfone groups is 1. The fourth-order valence-electron chi connectivity index (χ4n) is 2.89. The first-order valence-corrected chi connectivity index (χ1v) is 10.0. The Kier molecular flexibility index (Phi) is 5.48. The molecule has 3 rings (SSSR count). The molecule has 0 fully saturated rings. The summed E-state index contributed by atoms with van der Waals surface area (Å²) in [5.74, 6) is 0.0561. The molecule has 1 heterocycles. The largest absolute Gasteiger partial charge is 0.497 e. The van der Waals surface area contributed by atoms with Crippen LogP contribution >= 0.6 is 0 Å². The molecule has 0 atom stereocenters. The first-order valence-electron chi connectivity index (χ1n) is 8.53. The van der Waals surface area contributed by atoms with Crippen molar-refractivity contribution >= 4 is 20.7 Å². The number of rotatable bonds is 7. The van der Waals surface area contributed by atoms with Crippen molar-refractivity contribution in [2.45, 2.75) is 22.9 Å². The van der Waals surface area contributed by atoms with E-state index < -0.39 is 15.7 Å². The van der Waals surface area contributed by atoms with Crippen molar-refractivity contribution in [1.29, 1.82) is 0 Å². The van der Waals surface area contributed by atoms with Gasteiger partial charge in [-0.05, 0) is 69.5 Å². The van der Waals surface area contributed by atoms with E-state index in [2.05, 4.69) is 10.00 Å². The third kappa shape index (κ3) is 3.96. The molecule has 144 valence electrons. The summed E-state index contributed by atoms with van der Waals surface area (Å²) in [5, 5.41) is 4.83. The minimum atomic E-state index is -3.89. The van der Waals surface area contributed by atoms with Crippen molar-refractivity contribution in [3.05, 3.63) is 48.3 Å². The summed E-state index contributed by atoms with van der Waals surface area (Å²) in [7, 11) is 1.60. The number of fused-ring (bicyclic) bond motifs is 1. The van der Waals surface area contributed by atoms with Crippen LogP contribution in [0, 0.1) is 5.82 Å². The molecule has 27 heavy (non-hydrogen) atoms. The van der Waals surface area contributed by atoms with Gasteiger partial charge in [0.05, 0.1) is 17.5 Å². The first kappa shape index (κ1) is 19.3. The monoisotopic (exact) mass is 391 g/mol. The third-order valence-corrected chi connectivity index (χ3v) is 5.98. The molecule has 3 aromatic rings. The molecule has 2 aromatic carbocycles. The Hall–Kier alpha value is -2.45. The molecule has 0 saturated carbocycles. The number of aryl methyl sites for hydroxylation is 1. The molecule has 0 amide bonds. The van der Waals surface area contributed by atoms with Crippen LogP contribution < -0.4 is 4.74 Å². The Morgan fingerprint density at radius 1 is 1.15 bits per heavy atom. The average molecular weight is 391 g/mol. The Morgan fingerprint density at radius 3 is 2.48 bits per heavy atom. The zero-order valence-corrected chi connectivity index (χ0v) is 16.3. The molecule has 0 radical (unpaired) electrons. The van der Waals surface area contributed by atoms with E-state index in [9.17, 15) is 12.8 Å². The second-order valence-electron chi connectivity index (χ2n) is 6.53. The number of methoxy groups -OCH3 is 1. The lowest BCUT2D eigenvalue weighted by atomic mass is 10.2. The Labute approximate surface area is 158 Å². The van der Waals surface area contributed by atoms with Gasteiger partial charge in [0, 0.05) is 11.9 Å². The van der Waals surface area contributed by atoms with Gasteiger partial charge in [0.25, 0.3) is 0 Å². The summed E-state index contributed by atoms with van der Waals surface area (Å²) in [5.41, 5.74) is 0.718. The standard InChI is InChI=1S/C19H22FN3O3S/c1-22(2)11-4-12-23-18-10-7-15(26-3)13-17(18)19(21-23)27(24,25)16-8-5-14(20)6-9-16/h5-10,13H,4,11-12H2,1-3H3. The quantitative estimate of drug-likeness (QED) is 0.580. The smallest absolute Gasteiger partial charge is 0.226 e. The van der Waals surface area contributed by atoms with Crippen molar-refractivity contribution in [3.63, 3.8) is 0 Å². The molecular weight excluding hydrogens is 369 g/mol. The molecule has 0 saturated heterocycles. The van der Waals surface area contributed by atoms with E-state index in [0.717, 1.165) is 30.6 Å². The fourth-order valence-corrected chi connectivity index (χ4v) is 4.26. The highest BCUT2D eigenvalue weighted by Gasteiger charge is 2.26. The van der Waals surface area contributed by atoms with E-state index in [-0.39, 0.29) is 9.92 Å². The maximum Gasteiger partial charge on any atom is 0.226 e. The Morgan fingerprint density at radius 2 is 1.85 bits per heavy atom. The summed E-state index contributed by atoms with van der Waals surface area (Å²) in [6.07, 6.45) is 0.825. The number of aromatic nitrogens is 2. The molecule has 0 N–H and O–H groups in total. The predicted molar refractivity (Wildman–Crippen MR) is 101 cm³/mol. The van der Waals surface area contributed by atoms with Crippen LogP contribution in [0.3, 0.4) is 0 Å². The maximum atomic E-state index is 13.2. The van der Waals surface area contributed by atoms with Crippen molar-refractivity contribution in [2.24, 2.45) is 0 Å². The van der Waals surface area contributed by atoms with Crippen LogP contribution in [0.25, 0.3) is 10.9 Å². The van der Waals surface area contributed by atoms with E-state index in [1.54, 1.807) is 22.9 Å².